The van der Waals surface area contributed by atoms with Crippen LogP contribution in [0.2, 0.25) is 0 Å². The van der Waals surface area contributed by atoms with Gasteiger partial charge in [-0.25, -0.2) is 0 Å². The normalized spacial score (nSPS) is 21.1. The molecule has 0 radical (unpaired) electrons. The Labute approximate surface area is 97.8 Å². The molecule has 0 aromatic heterocycles. The lowest BCUT2D eigenvalue weighted by Crippen LogP contribution is -2.13. The molecule has 1 nitrogen and oxygen atoms in total. The third-order valence-electron chi connectivity index (χ3n) is 2.46. The van der Waals surface area contributed by atoms with Gasteiger partial charge in [-0.1, -0.05) is 15.9 Å². The summed E-state index contributed by atoms with van der Waals surface area (Å²) >= 11 is 5.50. The summed E-state index contributed by atoms with van der Waals surface area (Å²) in [5.74, 6) is 3.53. The predicted octanol–water partition coefficient (Wildman–Crippen LogP) is 3.61. The molecule has 1 aliphatic rings. The van der Waals surface area contributed by atoms with Crippen molar-refractivity contribution < 1.29 is 0 Å². The average Bonchev–Trinajstić information content (AvgIpc) is 2.70. The molecule has 1 aromatic carbocycles. The summed E-state index contributed by atoms with van der Waals surface area (Å²) in [6, 6.07) is 8.38. The van der Waals surface area contributed by atoms with Crippen LogP contribution in [0.25, 0.3) is 0 Å². The molecule has 1 saturated heterocycles. The summed E-state index contributed by atoms with van der Waals surface area (Å²) in [6.07, 6.45) is 1.37. The Balaban J connectivity index is 1.82. The topological polar surface area (TPSA) is 12.0 Å². The molecule has 1 fully saturated rings. The highest BCUT2D eigenvalue weighted by atomic mass is 79.9. The molecule has 76 valence electrons. The molecule has 1 aromatic rings. The van der Waals surface area contributed by atoms with Crippen LogP contribution in [0.5, 0.6) is 0 Å². The largest absolute Gasteiger partial charge is 0.385 e. The Morgan fingerprint density at radius 2 is 2.14 bits per heavy atom. The average molecular weight is 272 g/mol. The predicted molar refractivity (Wildman–Crippen MR) is 68.1 cm³/mol. The summed E-state index contributed by atoms with van der Waals surface area (Å²) in [5, 5.41) is 3.48. The van der Waals surface area contributed by atoms with E-state index in [2.05, 4.69) is 57.3 Å². The highest BCUT2D eigenvalue weighted by Crippen LogP contribution is 2.24. The fourth-order valence-corrected chi connectivity index (χ4v) is 3.12. The van der Waals surface area contributed by atoms with Crippen LogP contribution in [-0.4, -0.2) is 18.1 Å². The molecule has 1 atom stereocenters. The second-order valence-corrected chi connectivity index (χ2v) is 5.68. The van der Waals surface area contributed by atoms with E-state index in [0.717, 1.165) is 16.9 Å². The minimum atomic E-state index is 0.864. The number of rotatable bonds is 3. The van der Waals surface area contributed by atoms with E-state index in [-0.39, 0.29) is 0 Å². The Morgan fingerprint density at radius 1 is 1.36 bits per heavy atom. The van der Waals surface area contributed by atoms with E-state index in [1.807, 2.05) is 0 Å². The Hall–Kier alpha value is -0.150. The van der Waals surface area contributed by atoms with E-state index in [0.29, 0.717) is 0 Å². The molecule has 2 rings (SSSR count). The standard InChI is InChI=1S/C11H14BrNS/c12-10-1-3-11(4-2-10)13-7-9-5-6-14-8-9/h1-4,9,13H,5-8H2. The van der Waals surface area contributed by atoms with Gasteiger partial charge in [0, 0.05) is 16.7 Å². The molecule has 0 amide bonds. The summed E-state index contributed by atoms with van der Waals surface area (Å²) in [6.45, 7) is 1.12. The highest BCUT2D eigenvalue weighted by molar-refractivity contribution is 9.10. The van der Waals surface area contributed by atoms with Gasteiger partial charge in [0.2, 0.25) is 0 Å². The molecule has 0 spiro atoms. The number of anilines is 1. The molecule has 0 bridgehead atoms. The first-order valence-corrected chi connectivity index (χ1v) is 6.86. The van der Waals surface area contributed by atoms with Crippen LogP contribution in [-0.2, 0) is 0 Å². The van der Waals surface area contributed by atoms with Crippen molar-refractivity contribution in [2.45, 2.75) is 6.42 Å². The minimum absolute atomic E-state index is 0.864. The van der Waals surface area contributed by atoms with Crippen molar-refractivity contribution in [1.82, 2.24) is 0 Å². The molecule has 14 heavy (non-hydrogen) atoms. The smallest absolute Gasteiger partial charge is 0.0341 e. The fraction of sp³-hybridized carbons (Fsp3) is 0.455. The van der Waals surface area contributed by atoms with E-state index in [1.165, 1.54) is 23.6 Å². The molecule has 0 saturated carbocycles. The number of hydrogen-bond acceptors (Lipinski definition) is 2. The van der Waals surface area contributed by atoms with Crippen molar-refractivity contribution in [2.24, 2.45) is 5.92 Å². The molecule has 3 heteroatoms. The number of halogens is 1. The van der Waals surface area contributed by atoms with Gasteiger partial charge in [0.1, 0.15) is 0 Å². The van der Waals surface area contributed by atoms with Gasteiger partial charge in [-0.05, 0) is 48.1 Å². The van der Waals surface area contributed by atoms with Crippen molar-refractivity contribution in [3.05, 3.63) is 28.7 Å². The summed E-state index contributed by atoms with van der Waals surface area (Å²) in [7, 11) is 0. The molecule has 1 heterocycles. The first-order chi connectivity index (χ1) is 6.84. The lowest BCUT2D eigenvalue weighted by Gasteiger charge is -2.10. The number of nitrogens with one attached hydrogen (secondary N) is 1. The van der Waals surface area contributed by atoms with Crippen LogP contribution in [0.1, 0.15) is 6.42 Å². The first kappa shape index (κ1) is 10.4. The molecular formula is C11H14BrNS. The van der Waals surface area contributed by atoms with Crippen molar-refractivity contribution in [2.75, 3.05) is 23.4 Å². The van der Waals surface area contributed by atoms with Gasteiger partial charge in [-0.15, -0.1) is 0 Å². The van der Waals surface area contributed by atoms with Gasteiger partial charge < -0.3 is 5.32 Å². The number of benzene rings is 1. The van der Waals surface area contributed by atoms with Crippen LogP contribution in [0, 0.1) is 5.92 Å². The second kappa shape index (κ2) is 5.08. The summed E-state index contributed by atoms with van der Waals surface area (Å²) < 4.78 is 1.14. The maximum atomic E-state index is 3.48. The van der Waals surface area contributed by atoms with Gasteiger partial charge >= 0.3 is 0 Å². The van der Waals surface area contributed by atoms with Gasteiger partial charge in [-0.3, -0.25) is 0 Å². The van der Waals surface area contributed by atoms with Crippen molar-refractivity contribution in [3.63, 3.8) is 0 Å². The molecular weight excluding hydrogens is 258 g/mol. The van der Waals surface area contributed by atoms with Gasteiger partial charge in [0.15, 0.2) is 0 Å². The van der Waals surface area contributed by atoms with Crippen LogP contribution in [0.4, 0.5) is 5.69 Å². The zero-order valence-corrected chi connectivity index (χ0v) is 10.4. The van der Waals surface area contributed by atoms with Crippen LogP contribution in [0.15, 0.2) is 28.7 Å². The molecule has 1 N–H and O–H groups in total. The Bertz CT molecular complexity index is 280. The van der Waals surface area contributed by atoms with E-state index >= 15 is 0 Å². The third kappa shape index (κ3) is 2.92. The lowest BCUT2D eigenvalue weighted by atomic mass is 10.1. The van der Waals surface area contributed by atoms with Crippen LogP contribution < -0.4 is 5.32 Å². The summed E-state index contributed by atoms with van der Waals surface area (Å²) in [5.41, 5.74) is 1.23. The van der Waals surface area contributed by atoms with Crippen molar-refractivity contribution >= 4 is 33.4 Å². The lowest BCUT2D eigenvalue weighted by molar-refractivity contribution is 0.632. The first-order valence-electron chi connectivity index (χ1n) is 4.92. The van der Waals surface area contributed by atoms with Gasteiger partial charge in [-0.2, -0.15) is 11.8 Å². The third-order valence-corrected chi connectivity index (χ3v) is 4.22. The van der Waals surface area contributed by atoms with E-state index in [9.17, 15) is 0 Å². The second-order valence-electron chi connectivity index (χ2n) is 3.62. The zero-order chi connectivity index (χ0) is 9.80. The number of hydrogen-bond donors (Lipinski definition) is 1. The maximum absolute atomic E-state index is 3.48. The SMILES string of the molecule is Brc1ccc(NCC2CCSC2)cc1. The maximum Gasteiger partial charge on any atom is 0.0341 e. The fourth-order valence-electron chi connectivity index (χ4n) is 1.57. The summed E-state index contributed by atoms with van der Waals surface area (Å²) in [4.78, 5) is 0. The van der Waals surface area contributed by atoms with Crippen LogP contribution >= 0.6 is 27.7 Å². The Morgan fingerprint density at radius 3 is 2.79 bits per heavy atom. The van der Waals surface area contributed by atoms with Crippen molar-refractivity contribution in [3.8, 4) is 0 Å². The van der Waals surface area contributed by atoms with E-state index in [4.69, 9.17) is 0 Å². The molecule has 1 unspecified atom stereocenters. The zero-order valence-electron chi connectivity index (χ0n) is 8.00. The van der Waals surface area contributed by atoms with E-state index in [1.54, 1.807) is 0 Å². The van der Waals surface area contributed by atoms with Gasteiger partial charge in [0.25, 0.3) is 0 Å². The van der Waals surface area contributed by atoms with Gasteiger partial charge in [0.05, 0.1) is 0 Å². The highest BCUT2D eigenvalue weighted by Gasteiger charge is 2.14. The minimum Gasteiger partial charge on any atom is -0.385 e. The quantitative estimate of drug-likeness (QED) is 0.902. The monoisotopic (exact) mass is 271 g/mol. The van der Waals surface area contributed by atoms with Crippen molar-refractivity contribution in [1.29, 1.82) is 0 Å². The van der Waals surface area contributed by atoms with E-state index < -0.39 is 0 Å². The molecule has 0 aliphatic carbocycles. The number of thioether (sulfide) groups is 1. The van der Waals surface area contributed by atoms with Crippen LogP contribution in [0.3, 0.4) is 0 Å². The molecule has 1 aliphatic heterocycles. The Kier molecular flexibility index (Phi) is 3.76.